The smallest absolute Gasteiger partial charge is 0.193 e. The van der Waals surface area contributed by atoms with E-state index in [2.05, 4.69) is 22.4 Å². The summed E-state index contributed by atoms with van der Waals surface area (Å²) in [6.45, 7) is 0.0884. The van der Waals surface area contributed by atoms with Crippen LogP contribution in [0.3, 0.4) is 0 Å². The molecule has 0 saturated carbocycles. The number of anilines is 1. The third-order valence-electron chi connectivity index (χ3n) is 3.97. The van der Waals surface area contributed by atoms with Crippen molar-refractivity contribution in [3.63, 3.8) is 0 Å². The molecule has 0 spiro atoms. The summed E-state index contributed by atoms with van der Waals surface area (Å²) in [5.74, 6) is -0.164. The molecule has 0 amide bonds. The second-order valence-corrected chi connectivity index (χ2v) is 5.58. The van der Waals surface area contributed by atoms with Crippen LogP contribution in [0.1, 0.15) is 28.7 Å². The maximum atomic E-state index is 13.7. The molecular formula is C18H18FIN4. The van der Waals surface area contributed by atoms with E-state index in [1.165, 1.54) is 35.7 Å². The first-order valence-electron chi connectivity index (χ1n) is 7.53. The highest BCUT2D eigenvalue weighted by Gasteiger charge is 2.11. The molecule has 24 heavy (non-hydrogen) atoms. The second-order valence-electron chi connectivity index (χ2n) is 5.58. The average Bonchev–Trinajstić information content (AvgIpc) is 3.02. The number of hydrogen-bond donors (Lipinski definition) is 2. The summed E-state index contributed by atoms with van der Waals surface area (Å²) >= 11 is 0. The van der Waals surface area contributed by atoms with E-state index in [1.54, 1.807) is 0 Å². The van der Waals surface area contributed by atoms with Crippen LogP contribution < -0.4 is 11.1 Å². The van der Waals surface area contributed by atoms with Crippen molar-refractivity contribution in [3.05, 3.63) is 64.5 Å². The summed E-state index contributed by atoms with van der Waals surface area (Å²) in [6.07, 6.45) is 3.42. The first kappa shape index (κ1) is 18.2. The van der Waals surface area contributed by atoms with Gasteiger partial charge in [-0.25, -0.2) is 9.38 Å². The molecule has 1 aliphatic rings. The van der Waals surface area contributed by atoms with E-state index < -0.39 is 5.82 Å². The highest BCUT2D eigenvalue weighted by molar-refractivity contribution is 14.0. The zero-order valence-electron chi connectivity index (χ0n) is 13.1. The number of rotatable bonds is 3. The Balaban J connectivity index is 0.00000208. The van der Waals surface area contributed by atoms with Crippen LogP contribution in [0.15, 0.2) is 41.4 Å². The lowest BCUT2D eigenvalue weighted by Gasteiger charge is -2.08. The summed E-state index contributed by atoms with van der Waals surface area (Å²) in [5, 5.41) is 11.9. The van der Waals surface area contributed by atoms with Crippen molar-refractivity contribution < 1.29 is 4.39 Å². The zero-order valence-corrected chi connectivity index (χ0v) is 15.4. The quantitative estimate of drug-likeness (QED) is 0.438. The standard InChI is InChI=1S/C18H17FN4.HI/c19-17-7-4-12(10-20)8-15(17)11-22-18(21)23-16-6-5-13-2-1-3-14(13)9-16;/h4-9H,1-3,11H2,(H3,21,22,23);1H. The molecule has 0 aliphatic heterocycles. The van der Waals surface area contributed by atoms with Crippen molar-refractivity contribution >= 4 is 35.6 Å². The summed E-state index contributed by atoms with van der Waals surface area (Å²) in [5.41, 5.74) is 10.2. The maximum Gasteiger partial charge on any atom is 0.193 e. The molecule has 4 nitrogen and oxygen atoms in total. The largest absolute Gasteiger partial charge is 0.370 e. The fourth-order valence-electron chi connectivity index (χ4n) is 2.77. The van der Waals surface area contributed by atoms with Gasteiger partial charge in [0.15, 0.2) is 5.96 Å². The van der Waals surface area contributed by atoms with Crippen LogP contribution in [0.2, 0.25) is 0 Å². The molecule has 3 rings (SSSR count). The van der Waals surface area contributed by atoms with Gasteiger partial charge in [-0.3, -0.25) is 0 Å². The number of nitriles is 1. The Kier molecular flexibility index (Phi) is 6.15. The van der Waals surface area contributed by atoms with Crippen LogP contribution in [-0.4, -0.2) is 5.96 Å². The van der Waals surface area contributed by atoms with Gasteiger partial charge in [0.05, 0.1) is 18.2 Å². The van der Waals surface area contributed by atoms with Gasteiger partial charge in [-0.05, 0) is 60.7 Å². The minimum atomic E-state index is -0.391. The molecule has 0 saturated heterocycles. The lowest BCUT2D eigenvalue weighted by atomic mass is 10.1. The number of fused-ring (bicyclic) bond motifs is 1. The van der Waals surface area contributed by atoms with Crippen LogP contribution >= 0.6 is 24.0 Å². The highest BCUT2D eigenvalue weighted by Crippen LogP contribution is 2.24. The van der Waals surface area contributed by atoms with Gasteiger partial charge in [-0.1, -0.05) is 6.07 Å². The molecule has 3 N–H and O–H groups in total. The van der Waals surface area contributed by atoms with Crippen molar-refractivity contribution in [2.75, 3.05) is 5.32 Å². The molecule has 2 aromatic carbocycles. The first-order valence-corrected chi connectivity index (χ1v) is 7.53. The summed E-state index contributed by atoms with van der Waals surface area (Å²) < 4.78 is 13.7. The molecule has 0 radical (unpaired) electrons. The van der Waals surface area contributed by atoms with Gasteiger partial charge in [-0.2, -0.15) is 5.26 Å². The van der Waals surface area contributed by atoms with E-state index in [9.17, 15) is 4.39 Å². The lowest BCUT2D eigenvalue weighted by Crippen LogP contribution is -2.22. The fourth-order valence-corrected chi connectivity index (χ4v) is 2.77. The van der Waals surface area contributed by atoms with E-state index in [0.29, 0.717) is 11.1 Å². The van der Waals surface area contributed by atoms with E-state index in [1.807, 2.05) is 12.1 Å². The second kappa shape index (κ2) is 8.11. The number of nitrogens with one attached hydrogen (secondary N) is 1. The van der Waals surface area contributed by atoms with Gasteiger partial charge in [0.1, 0.15) is 5.82 Å². The van der Waals surface area contributed by atoms with Crippen molar-refractivity contribution in [1.82, 2.24) is 0 Å². The average molecular weight is 436 g/mol. The van der Waals surface area contributed by atoms with Crippen LogP contribution in [0.25, 0.3) is 0 Å². The third kappa shape index (κ3) is 4.23. The zero-order chi connectivity index (χ0) is 16.2. The predicted octanol–water partition coefficient (Wildman–Crippen LogP) is 3.73. The topological polar surface area (TPSA) is 74.2 Å². The fraction of sp³-hybridized carbons (Fsp3) is 0.222. The highest BCUT2D eigenvalue weighted by atomic mass is 127. The van der Waals surface area contributed by atoms with Gasteiger partial charge >= 0.3 is 0 Å². The van der Waals surface area contributed by atoms with E-state index in [4.69, 9.17) is 11.0 Å². The molecule has 0 fully saturated rings. The van der Waals surface area contributed by atoms with Crippen LogP contribution in [0.5, 0.6) is 0 Å². The molecule has 2 aromatic rings. The number of halogens is 2. The molecule has 0 bridgehead atoms. The number of guanidine groups is 1. The van der Waals surface area contributed by atoms with Crippen molar-refractivity contribution in [2.45, 2.75) is 25.8 Å². The number of benzene rings is 2. The van der Waals surface area contributed by atoms with E-state index in [-0.39, 0.29) is 36.5 Å². The number of aryl methyl sites for hydroxylation is 2. The Bertz CT molecular complexity index is 811. The molecule has 0 unspecified atom stereocenters. The molecule has 1 aliphatic carbocycles. The minimum absolute atomic E-state index is 0. The SMILES string of the molecule is I.N#Cc1ccc(F)c(CN=C(N)Nc2ccc3c(c2)CCC3)c1. The Morgan fingerprint density at radius 2 is 2.00 bits per heavy atom. The summed E-state index contributed by atoms with van der Waals surface area (Å²) in [6, 6.07) is 12.3. The van der Waals surface area contributed by atoms with Crippen LogP contribution in [-0.2, 0) is 19.4 Å². The van der Waals surface area contributed by atoms with Gasteiger partial charge in [-0.15, -0.1) is 24.0 Å². The van der Waals surface area contributed by atoms with Crippen molar-refractivity contribution in [2.24, 2.45) is 10.7 Å². The molecule has 0 heterocycles. The number of hydrogen-bond acceptors (Lipinski definition) is 2. The lowest BCUT2D eigenvalue weighted by molar-refractivity contribution is 0.610. The number of nitrogens with zero attached hydrogens (tertiary/aromatic N) is 2. The normalized spacial score (nSPS) is 12.9. The molecule has 0 atom stereocenters. The Labute approximate surface area is 157 Å². The molecular weight excluding hydrogens is 418 g/mol. The van der Waals surface area contributed by atoms with Crippen LogP contribution in [0, 0.1) is 17.1 Å². The van der Waals surface area contributed by atoms with Gasteiger partial charge < -0.3 is 11.1 Å². The number of nitrogens with two attached hydrogens (primary N) is 1. The van der Waals surface area contributed by atoms with Gasteiger partial charge in [0.25, 0.3) is 0 Å². The maximum absolute atomic E-state index is 13.7. The molecule has 0 aromatic heterocycles. The van der Waals surface area contributed by atoms with E-state index >= 15 is 0 Å². The minimum Gasteiger partial charge on any atom is -0.370 e. The number of aliphatic imine (C=N–C) groups is 1. The Morgan fingerprint density at radius 1 is 1.21 bits per heavy atom. The summed E-state index contributed by atoms with van der Waals surface area (Å²) in [7, 11) is 0. The Hall–Kier alpha value is -2.14. The Morgan fingerprint density at radius 3 is 2.79 bits per heavy atom. The molecule has 6 heteroatoms. The predicted molar refractivity (Wildman–Crippen MR) is 104 cm³/mol. The van der Waals surface area contributed by atoms with Crippen LogP contribution in [0.4, 0.5) is 10.1 Å². The first-order chi connectivity index (χ1) is 11.2. The van der Waals surface area contributed by atoms with Crippen molar-refractivity contribution in [3.8, 4) is 6.07 Å². The van der Waals surface area contributed by atoms with E-state index in [0.717, 1.165) is 18.5 Å². The molecule has 124 valence electrons. The van der Waals surface area contributed by atoms with Gasteiger partial charge in [0.2, 0.25) is 0 Å². The third-order valence-corrected chi connectivity index (χ3v) is 3.97. The monoisotopic (exact) mass is 436 g/mol. The summed E-state index contributed by atoms with van der Waals surface area (Å²) in [4.78, 5) is 4.15. The van der Waals surface area contributed by atoms with Gasteiger partial charge in [0, 0.05) is 11.3 Å². The van der Waals surface area contributed by atoms with Crippen molar-refractivity contribution in [1.29, 1.82) is 5.26 Å².